The number of hydrogen-bond donors (Lipinski definition) is 2. The maximum Gasteiger partial charge on any atom is 0.251 e. The van der Waals surface area contributed by atoms with Gasteiger partial charge in [0, 0.05) is 43.4 Å². The van der Waals surface area contributed by atoms with Crippen LogP contribution in [0.1, 0.15) is 23.2 Å². The molecule has 2 N–H and O–H groups in total. The molecule has 8 nitrogen and oxygen atoms in total. The van der Waals surface area contributed by atoms with Crippen LogP contribution in [0.5, 0.6) is 0 Å². The minimum absolute atomic E-state index is 0.147. The predicted molar refractivity (Wildman–Crippen MR) is 124 cm³/mol. The molecule has 0 unspecified atom stereocenters. The summed E-state index contributed by atoms with van der Waals surface area (Å²) in [7, 11) is 0. The topological polar surface area (TPSA) is 96.2 Å². The molecule has 8 heteroatoms. The third kappa shape index (κ3) is 4.25. The number of hydrogen-bond acceptors (Lipinski definition) is 7. The summed E-state index contributed by atoms with van der Waals surface area (Å²) < 4.78 is 5.52. The highest BCUT2D eigenvalue weighted by molar-refractivity contribution is 6.01. The summed E-state index contributed by atoms with van der Waals surface area (Å²) in [6.07, 6.45) is 4.22. The number of carbonyl (C=O) groups is 1. The number of anilines is 2. The summed E-state index contributed by atoms with van der Waals surface area (Å²) in [5.74, 6) is 1.22. The van der Waals surface area contributed by atoms with E-state index in [1.807, 2.05) is 42.5 Å². The zero-order valence-electron chi connectivity index (χ0n) is 17.6. The maximum absolute atomic E-state index is 12.7. The number of fused-ring (bicyclic) bond motifs is 1. The van der Waals surface area contributed by atoms with Gasteiger partial charge in [0.25, 0.3) is 5.91 Å². The Morgan fingerprint density at radius 1 is 1.03 bits per heavy atom. The largest absolute Gasteiger partial charge is 0.370 e. The van der Waals surface area contributed by atoms with Crippen LogP contribution >= 0.6 is 0 Å². The van der Waals surface area contributed by atoms with E-state index in [2.05, 4.69) is 30.9 Å². The average molecular weight is 428 g/mol. The lowest BCUT2D eigenvalue weighted by Gasteiger charge is -2.17. The van der Waals surface area contributed by atoms with Gasteiger partial charge < -0.3 is 20.1 Å². The first-order chi connectivity index (χ1) is 15.8. The van der Waals surface area contributed by atoms with Crippen molar-refractivity contribution in [3.8, 4) is 11.3 Å². The number of nitrogens with one attached hydrogen (secondary N) is 2. The highest BCUT2D eigenvalue weighted by atomic mass is 16.5. The highest BCUT2D eigenvalue weighted by Gasteiger charge is 2.15. The Morgan fingerprint density at radius 3 is 2.72 bits per heavy atom. The molecule has 5 rings (SSSR count). The summed E-state index contributed by atoms with van der Waals surface area (Å²) in [5.41, 5.74) is 3.29. The van der Waals surface area contributed by atoms with E-state index in [-0.39, 0.29) is 5.91 Å². The molecule has 4 aromatic rings. The van der Waals surface area contributed by atoms with E-state index in [4.69, 9.17) is 4.52 Å². The van der Waals surface area contributed by atoms with Crippen LogP contribution in [0.3, 0.4) is 0 Å². The van der Waals surface area contributed by atoms with Gasteiger partial charge in [-0.1, -0.05) is 35.5 Å². The van der Waals surface area contributed by atoms with Crippen molar-refractivity contribution in [1.29, 1.82) is 0 Å². The van der Waals surface area contributed by atoms with E-state index < -0.39 is 0 Å². The molecule has 0 aliphatic carbocycles. The van der Waals surface area contributed by atoms with E-state index in [9.17, 15) is 4.79 Å². The maximum atomic E-state index is 12.7. The van der Waals surface area contributed by atoms with Crippen LogP contribution in [-0.2, 0) is 0 Å². The standard InChI is InChI=1S/C24H24N6O2/c31-24(26-11-10-25-22-15-19(16-27-28-22)30-12-4-5-13-30)18-8-9-21-20(14-18)23(32-29-21)17-6-2-1-3-7-17/h1-3,6-9,14-16H,4-5,10-13H2,(H,25,28)(H,26,31). The molecular weight excluding hydrogens is 404 g/mol. The first kappa shape index (κ1) is 20.0. The van der Waals surface area contributed by atoms with E-state index in [1.54, 1.807) is 18.3 Å². The quantitative estimate of drug-likeness (QED) is 0.433. The van der Waals surface area contributed by atoms with Gasteiger partial charge in [-0.05, 0) is 31.0 Å². The fraction of sp³-hybridized carbons (Fsp3) is 0.250. The first-order valence-corrected chi connectivity index (χ1v) is 10.8. The van der Waals surface area contributed by atoms with Crippen molar-refractivity contribution in [2.24, 2.45) is 0 Å². The molecule has 0 saturated carbocycles. The fourth-order valence-corrected chi connectivity index (χ4v) is 3.94. The average Bonchev–Trinajstić information content (AvgIpc) is 3.52. The molecule has 32 heavy (non-hydrogen) atoms. The zero-order valence-corrected chi connectivity index (χ0v) is 17.6. The number of amides is 1. The normalized spacial score (nSPS) is 13.4. The van der Waals surface area contributed by atoms with Gasteiger partial charge in [-0.3, -0.25) is 4.79 Å². The molecule has 1 fully saturated rings. The van der Waals surface area contributed by atoms with Crippen LogP contribution in [-0.4, -0.2) is 47.4 Å². The van der Waals surface area contributed by atoms with E-state index in [0.29, 0.717) is 30.2 Å². The highest BCUT2D eigenvalue weighted by Crippen LogP contribution is 2.29. The second-order valence-corrected chi connectivity index (χ2v) is 7.79. The predicted octanol–water partition coefficient (Wildman–Crippen LogP) is 3.73. The van der Waals surface area contributed by atoms with Crippen molar-refractivity contribution < 1.29 is 9.32 Å². The SMILES string of the molecule is O=C(NCCNc1cc(N2CCCC2)cnn1)c1ccc2noc(-c3ccccc3)c2c1. The molecular formula is C24H24N6O2. The molecule has 1 aliphatic rings. The minimum atomic E-state index is -0.147. The number of nitrogens with zero attached hydrogens (tertiary/aromatic N) is 4. The second kappa shape index (κ2) is 9.05. The summed E-state index contributed by atoms with van der Waals surface area (Å²) in [4.78, 5) is 15.0. The molecule has 2 aromatic heterocycles. The van der Waals surface area contributed by atoms with E-state index in [0.717, 1.165) is 35.2 Å². The number of benzene rings is 2. The van der Waals surface area contributed by atoms with Gasteiger partial charge in [-0.2, -0.15) is 5.10 Å². The van der Waals surface area contributed by atoms with Gasteiger partial charge in [0.05, 0.1) is 17.3 Å². The monoisotopic (exact) mass is 428 g/mol. The number of rotatable bonds is 7. The Hall–Kier alpha value is -3.94. The van der Waals surface area contributed by atoms with Crippen molar-refractivity contribution in [2.45, 2.75) is 12.8 Å². The minimum Gasteiger partial charge on any atom is -0.370 e. The molecule has 162 valence electrons. The molecule has 0 atom stereocenters. The Morgan fingerprint density at radius 2 is 1.88 bits per heavy atom. The lowest BCUT2D eigenvalue weighted by atomic mass is 10.1. The summed E-state index contributed by atoms with van der Waals surface area (Å²) >= 11 is 0. The first-order valence-electron chi connectivity index (χ1n) is 10.8. The van der Waals surface area contributed by atoms with Crippen molar-refractivity contribution in [3.05, 3.63) is 66.4 Å². The summed E-state index contributed by atoms with van der Waals surface area (Å²) in [6, 6.07) is 17.1. The third-order valence-electron chi connectivity index (χ3n) is 5.60. The molecule has 1 aliphatic heterocycles. The third-order valence-corrected chi connectivity index (χ3v) is 5.60. The molecule has 3 heterocycles. The molecule has 2 aromatic carbocycles. The second-order valence-electron chi connectivity index (χ2n) is 7.79. The molecule has 1 saturated heterocycles. The van der Waals surface area contributed by atoms with Crippen molar-refractivity contribution in [2.75, 3.05) is 36.4 Å². The summed E-state index contributed by atoms with van der Waals surface area (Å²) in [6.45, 7) is 3.13. The molecule has 0 bridgehead atoms. The van der Waals surface area contributed by atoms with Crippen LogP contribution in [0.25, 0.3) is 22.2 Å². The van der Waals surface area contributed by atoms with E-state index in [1.165, 1.54) is 12.8 Å². The van der Waals surface area contributed by atoms with Gasteiger partial charge in [-0.15, -0.1) is 5.10 Å². The van der Waals surface area contributed by atoms with Crippen molar-refractivity contribution in [3.63, 3.8) is 0 Å². The Balaban J connectivity index is 1.20. The number of aromatic nitrogens is 3. The van der Waals surface area contributed by atoms with Crippen LogP contribution in [0.4, 0.5) is 11.5 Å². The smallest absolute Gasteiger partial charge is 0.251 e. The van der Waals surface area contributed by atoms with Crippen LogP contribution in [0, 0.1) is 0 Å². The van der Waals surface area contributed by atoms with Crippen molar-refractivity contribution >= 4 is 28.3 Å². The lowest BCUT2D eigenvalue weighted by Crippen LogP contribution is -2.29. The molecule has 0 spiro atoms. The Kier molecular flexibility index (Phi) is 5.65. The summed E-state index contributed by atoms with van der Waals surface area (Å²) in [5, 5.41) is 19.3. The van der Waals surface area contributed by atoms with Crippen LogP contribution in [0.2, 0.25) is 0 Å². The Bertz CT molecular complexity index is 1220. The van der Waals surface area contributed by atoms with Crippen molar-refractivity contribution in [1.82, 2.24) is 20.7 Å². The van der Waals surface area contributed by atoms with Crippen LogP contribution < -0.4 is 15.5 Å². The van der Waals surface area contributed by atoms with Gasteiger partial charge in [0.15, 0.2) is 11.6 Å². The zero-order chi connectivity index (χ0) is 21.8. The Labute approximate surface area is 185 Å². The lowest BCUT2D eigenvalue weighted by molar-refractivity contribution is 0.0955. The van der Waals surface area contributed by atoms with Gasteiger partial charge in [-0.25, -0.2) is 0 Å². The fourth-order valence-electron chi connectivity index (χ4n) is 3.94. The van der Waals surface area contributed by atoms with E-state index >= 15 is 0 Å². The van der Waals surface area contributed by atoms with Gasteiger partial charge in [0.2, 0.25) is 0 Å². The van der Waals surface area contributed by atoms with Gasteiger partial charge in [0.1, 0.15) is 5.52 Å². The molecule has 1 amide bonds. The van der Waals surface area contributed by atoms with Gasteiger partial charge >= 0.3 is 0 Å². The van der Waals surface area contributed by atoms with Crippen LogP contribution in [0.15, 0.2) is 65.3 Å². The number of carbonyl (C=O) groups excluding carboxylic acids is 1. The molecule has 0 radical (unpaired) electrons.